The van der Waals surface area contributed by atoms with E-state index in [-0.39, 0.29) is 54.5 Å². The largest absolute Gasteiger partial charge is 0.457 e. The van der Waals surface area contributed by atoms with E-state index >= 15 is 0 Å². The number of aliphatic hydroxyl groups excluding tert-OH is 1. The first-order valence-electron chi connectivity index (χ1n) is 14.1. The summed E-state index contributed by atoms with van der Waals surface area (Å²) in [4.78, 5) is 58.1. The molecular formula is C28H41N5O7S. The van der Waals surface area contributed by atoms with Crippen LogP contribution in [0.2, 0.25) is 0 Å². The van der Waals surface area contributed by atoms with Crippen molar-refractivity contribution in [3.63, 3.8) is 0 Å². The molecule has 0 saturated carbocycles. The maximum absolute atomic E-state index is 13.3. The van der Waals surface area contributed by atoms with E-state index in [4.69, 9.17) is 9.47 Å². The highest BCUT2D eigenvalue weighted by Crippen LogP contribution is 2.52. The predicted octanol–water partition coefficient (Wildman–Crippen LogP) is 0.305. The van der Waals surface area contributed by atoms with Gasteiger partial charge in [-0.25, -0.2) is 9.59 Å². The summed E-state index contributed by atoms with van der Waals surface area (Å²) in [5.74, 6) is -2.07. The topological polar surface area (TPSA) is 141 Å². The van der Waals surface area contributed by atoms with Gasteiger partial charge in [-0.05, 0) is 13.3 Å². The number of hydrogen-bond donors (Lipinski definition) is 3. The molecule has 6 atom stereocenters. The number of esters is 1. The quantitative estimate of drug-likeness (QED) is 0.165. The van der Waals surface area contributed by atoms with Crippen LogP contribution in [-0.2, 0) is 23.9 Å². The highest BCUT2D eigenvalue weighted by Gasteiger charge is 2.60. The van der Waals surface area contributed by atoms with Crippen molar-refractivity contribution in [3.8, 4) is 0 Å². The number of thioether (sulfide) groups is 1. The van der Waals surface area contributed by atoms with Gasteiger partial charge in [0.2, 0.25) is 11.8 Å². The van der Waals surface area contributed by atoms with Gasteiger partial charge in [-0.2, -0.15) is 0 Å². The molecule has 0 spiro atoms. The van der Waals surface area contributed by atoms with E-state index < -0.39 is 30.1 Å². The minimum Gasteiger partial charge on any atom is -0.457 e. The van der Waals surface area contributed by atoms with E-state index in [0.717, 1.165) is 32.7 Å². The maximum atomic E-state index is 13.3. The summed E-state index contributed by atoms with van der Waals surface area (Å²) in [6.07, 6.45) is 1.79. The summed E-state index contributed by atoms with van der Waals surface area (Å²) >= 11 is 1.38. The molecule has 41 heavy (non-hydrogen) atoms. The summed E-state index contributed by atoms with van der Waals surface area (Å²) in [5, 5.41) is 16.3. The van der Waals surface area contributed by atoms with Crippen molar-refractivity contribution in [1.29, 1.82) is 0 Å². The van der Waals surface area contributed by atoms with Crippen LogP contribution in [0.5, 0.6) is 0 Å². The number of piperazine rings is 1. The molecule has 2 unspecified atom stereocenters. The van der Waals surface area contributed by atoms with E-state index in [9.17, 15) is 24.3 Å². The Labute approximate surface area is 245 Å². The molecule has 0 radical (unpaired) electrons. The highest BCUT2D eigenvalue weighted by atomic mass is 32.2. The molecule has 3 amide bonds. The number of β-lactam (4-membered cyclic amide) rings is 1. The molecule has 0 aromatic heterocycles. The van der Waals surface area contributed by atoms with Crippen LogP contribution in [0.1, 0.15) is 20.3 Å². The zero-order valence-electron chi connectivity index (χ0n) is 23.8. The normalized spacial score (nSPS) is 28.6. The van der Waals surface area contributed by atoms with Gasteiger partial charge < -0.3 is 30.1 Å². The molecule has 3 N–H and O–H groups in total. The zero-order valence-corrected chi connectivity index (χ0v) is 24.6. The number of ether oxygens (including phenoxy) is 2. The van der Waals surface area contributed by atoms with E-state index in [0.29, 0.717) is 17.9 Å². The fourth-order valence-corrected chi connectivity index (χ4v) is 7.51. The number of likely N-dealkylation sites (tertiary alicyclic amines) is 1. The molecule has 12 nitrogen and oxygen atoms in total. The standard InChI is InChI=1S/C28H41N5O7S/c1-5-13-39-27(37)23-24(17(3)22-21(18(4)34)26(36)33(22)23)41-19-15-20(32(16-19)28(38)40-14-6-2)25(35)30-9-12-31-10-7-29-8-11-31/h5-6,17-22,29,34H,1-2,7-16H2,3-4H3,(H,30,35)/t17-,18-,19+,20+,21?,22?/m1/s1. The first-order chi connectivity index (χ1) is 19.7. The lowest BCUT2D eigenvalue weighted by Gasteiger charge is -2.46. The van der Waals surface area contributed by atoms with Crippen molar-refractivity contribution in [2.75, 3.05) is 59.0 Å². The van der Waals surface area contributed by atoms with Gasteiger partial charge in [0.1, 0.15) is 25.0 Å². The molecule has 3 fully saturated rings. The van der Waals surface area contributed by atoms with Crippen molar-refractivity contribution >= 4 is 35.6 Å². The van der Waals surface area contributed by atoms with Crippen molar-refractivity contribution in [3.05, 3.63) is 35.9 Å². The lowest BCUT2D eigenvalue weighted by molar-refractivity contribution is -0.164. The second-order valence-electron chi connectivity index (χ2n) is 10.7. The Balaban J connectivity index is 1.50. The Kier molecular flexibility index (Phi) is 10.5. The van der Waals surface area contributed by atoms with E-state index in [2.05, 4.69) is 28.7 Å². The van der Waals surface area contributed by atoms with Gasteiger partial charge in [0.15, 0.2) is 0 Å². The molecule has 4 heterocycles. The van der Waals surface area contributed by atoms with Crippen LogP contribution in [-0.4, -0.2) is 126 Å². The van der Waals surface area contributed by atoms with E-state index in [1.165, 1.54) is 33.7 Å². The smallest absolute Gasteiger partial charge is 0.410 e. The van der Waals surface area contributed by atoms with Crippen molar-refractivity contribution < 1.29 is 33.8 Å². The Morgan fingerprint density at radius 3 is 2.54 bits per heavy atom. The Morgan fingerprint density at radius 1 is 1.20 bits per heavy atom. The molecule has 3 saturated heterocycles. The second-order valence-corrected chi connectivity index (χ2v) is 12.1. The van der Waals surface area contributed by atoms with E-state index in [1.54, 1.807) is 6.92 Å². The van der Waals surface area contributed by atoms with Crippen LogP contribution in [0, 0.1) is 11.8 Å². The van der Waals surface area contributed by atoms with E-state index in [1.807, 2.05) is 6.92 Å². The molecule has 4 aliphatic heterocycles. The molecule has 0 aliphatic carbocycles. The molecule has 0 aromatic carbocycles. The maximum Gasteiger partial charge on any atom is 0.410 e. The molecule has 13 heteroatoms. The number of hydrogen-bond acceptors (Lipinski definition) is 10. The van der Waals surface area contributed by atoms with Crippen LogP contribution in [0.15, 0.2) is 35.9 Å². The molecule has 4 aliphatic rings. The lowest BCUT2D eigenvalue weighted by Crippen LogP contribution is -2.63. The van der Waals surface area contributed by atoms with Crippen molar-refractivity contribution in [1.82, 2.24) is 25.3 Å². The summed E-state index contributed by atoms with van der Waals surface area (Å²) in [7, 11) is 0. The molecule has 4 rings (SSSR count). The Morgan fingerprint density at radius 2 is 1.88 bits per heavy atom. The second kappa shape index (κ2) is 13.9. The molecular weight excluding hydrogens is 550 g/mol. The number of amides is 3. The Hall–Kier alpha value is -2.87. The van der Waals surface area contributed by atoms with Gasteiger partial charge in [0.25, 0.3) is 0 Å². The van der Waals surface area contributed by atoms with Gasteiger partial charge in [-0.3, -0.25) is 19.4 Å². The van der Waals surface area contributed by atoms with Crippen LogP contribution >= 0.6 is 11.8 Å². The van der Waals surface area contributed by atoms with Crippen molar-refractivity contribution in [2.24, 2.45) is 11.8 Å². The number of carbonyl (C=O) groups excluding carboxylic acids is 4. The fourth-order valence-electron chi connectivity index (χ4n) is 5.99. The number of carbonyl (C=O) groups is 4. The summed E-state index contributed by atoms with van der Waals surface area (Å²) in [6, 6.07) is -1.11. The minimum atomic E-state index is -0.864. The number of fused-ring (bicyclic) bond motifs is 1. The van der Waals surface area contributed by atoms with Gasteiger partial charge in [-0.15, -0.1) is 11.8 Å². The SMILES string of the molecule is C=CCOC(=O)C1=C(S[C@H]2C[C@@H](C(=O)NCCN3CCNCC3)N(C(=O)OCC=C)C2)[C@H](C)C2C([C@@H](C)O)C(=O)N12. The minimum absolute atomic E-state index is 0.0102. The van der Waals surface area contributed by atoms with Gasteiger partial charge in [0, 0.05) is 61.9 Å². The summed E-state index contributed by atoms with van der Waals surface area (Å²) in [6.45, 7) is 15.7. The number of rotatable bonds is 12. The van der Waals surface area contributed by atoms with Crippen LogP contribution in [0.25, 0.3) is 0 Å². The number of nitrogens with one attached hydrogen (secondary N) is 2. The number of aliphatic hydroxyl groups is 1. The monoisotopic (exact) mass is 591 g/mol. The fraction of sp³-hybridized carbons (Fsp3) is 0.643. The molecule has 0 bridgehead atoms. The first-order valence-corrected chi connectivity index (χ1v) is 15.0. The Bertz CT molecular complexity index is 1080. The average Bonchev–Trinajstić information content (AvgIpc) is 3.48. The highest BCUT2D eigenvalue weighted by molar-refractivity contribution is 8.03. The average molecular weight is 592 g/mol. The van der Waals surface area contributed by atoms with Crippen molar-refractivity contribution in [2.45, 2.75) is 43.7 Å². The summed E-state index contributed by atoms with van der Waals surface area (Å²) < 4.78 is 10.6. The molecule has 0 aromatic rings. The van der Waals surface area contributed by atoms with Gasteiger partial charge >= 0.3 is 12.1 Å². The third-order valence-electron chi connectivity index (χ3n) is 7.99. The summed E-state index contributed by atoms with van der Waals surface area (Å²) in [5.41, 5.74) is 0.168. The third kappa shape index (κ3) is 6.63. The van der Waals surface area contributed by atoms with Crippen LogP contribution in [0.4, 0.5) is 4.79 Å². The first kappa shape index (κ1) is 31.1. The van der Waals surface area contributed by atoms with Gasteiger partial charge in [-0.1, -0.05) is 32.2 Å². The zero-order chi connectivity index (χ0) is 29.7. The lowest BCUT2D eigenvalue weighted by atomic mass is 9.79. The third-order valence-corrected chi connectivity index (χ3v) is 9.48. The van der Waals surface area contributed by atoms with Crippen LogP contribution < -0.4 is 10.6 Å². The number of nitrogens with zero attached hydrogens (tertiary/aromatic N) is 3. The predicted molar refractivity (Wildman–Crippen MR) is 154 cm³/mol. The van der Waals surface area contributed by atoms with Gasteiger partial charge in [0.05, 0.1) is 18.1 Å². The molecule has 226 valence electrons. The van der Waals surface area contributed by atoms with Crippen LogP contribution in [0.3, 0.4) is 0 Å².